The second-order valence-corrected chi connectivity index (χ2v) is 5.68. The molecule has 0 saturated heterocycles. The number of aromatic nitrogens is 2. The second-order valence-electron chi connectivity index (χ2n) is 4.00. The van der Waals surface area contributed by atoms with Crippen molar-refractivity contribution in [3.63, 3.8) is 0 Å². The molecule has 7 heteroatoms. The smallest absolute Gasteiger partial charge is 0.263 e. The molecule has 0 aliphatic heterocycles. The number of benzene rings is 1. The Balaban J connectivity index is 2.16. The largest absolute Gasteiger partial charge is 0.395 e. The molecular formula is C14H13N3O3S. The molecule has 0 atom stereocenters. The lowest BCUT2D eigenvalue weighted by Crippen LogP contribution is -2.13. The van der Waals surface area contributed by atoms with Crippen molar-refractivity contribution in [3.8, 4) is 11.8 Å². The second kappa shape index (κ2) is 6.83. The zero-order valence-electron chi connectivity index (χ0n) is 11.0. The van der Waals surface area contributed by atoms with Crippen LogP contribution in [-0.2, 0) is 10.0 Å². The lowest BCUT2D eigenvalue weighted by atomic mass is 10.2. The van der Waals surface area contributed by atoms with Gasteiger partial charge in [0.2, 0.25) is 0 Å². The number of hydrogen-bond donors (Lipinski definition) is 2. The maximum Gasteiger partial charge on any atom is 0.263 e. The minimum absolute atomic E-state index is 0.00148. The summed E-state index contributed by atoms with van der Waals surface area (Å²) in [5.41, 5.74) is 0.682. The molecule has 1 aromatic carbocycles. The highest BCUT2D eigenvalue weighted by Gasteiger charge is 2.14. The molecule has 2 N–H and O–H groups in total. The van der Waals surface area contributed by atoms with Crippen molar-refractivity contribution >= 4 is 15.8 Å². The first kappa shape index (κ1) is 15.0. The summed E-state index contributed by atoms with van der Waals surface area (Å²) < 4.78 is 26.6. The summed E-state index contributed by atoms with van der Waals surface area (Å²) in [6, 6.07) is 6.13. The summed E-state index contributed by atoms with van der Waals surface area (Å²) in [6.07, 6.45) is 4.57. The molecule has 2 aromatic rings. The van der Waals surface area contributed by atoms with E-state index in [1.807, 2.05) is 0 Å². The fraction of sp³-hybridized carbons (Fsp3) is 0.143. The van der Waals surface area contributed by atoms with E-state index >= 15 is 0 Å². The van der Waals surface area contributed by atoms with Gasteiger partial charge in [0.05, 0.1) is 17.7 Å². The summed E-state index contributed by atoms with van der Waals surface area (Å²) >= 11 is 0. The molecule has 0 aliphatic carbocycles. The van der Waals surface area contributed by atoms with Gasteiger partial charge in [0, 0.05) is 24.4 Å². The minimum Gasteiger partial charge on any atom is -0.395 e. The maximum atomic E-state index is 12.1. The van der Waals surface area contributed by atoms with Crippen molar-refractivity contribution in [2.45, 2.75) is 11.3 Å². The Morgan fingerprint density at radius 1 is 1.19 bits per heavy atom. The zero-order chi connectivity index (χ0) is 15.1. The van der Waals surface area contributed by atoms with Gasteiger partial charge in [0.25, 0.3) is 10.0 Å². The predicted molar refractivity (Wildman–Crippen MR) is 77.9 cm³/mol. The van der Waals surface area contributed by atoms with Gasteiger partial charge in [-0.1, -0.05) is 11.8 Å². The Labute approximate surface area is 122 Å². The van der Waals surface area contributed by atoms with Crippen LogP contribution in [0.25, 0.3) is 0 Å². The van der Waals surface area contributed by atoms with Crippen LogP contribution in [0.5, 0.6) is 0 Å². The molecule has 0 fully saturated rings. The van der Waals surface area contributed by atoms with Gasteiger partial charge in [0.1, 0.15) is 0 Å². The van der Waals surface area contributed by atoms with Gasteiger partial charge in [-0.05, 0) is 24.3 Å². The monoisotopic (exact) mass is 303 g/mol. The van der Waals surface area contributed by atoms with Crippen LogP contribution in [0, 0.1) is 11.8 Å². The summed E-state index contributed by atoms with van der Waals surface area (Å²) in [6.45, 7) is 0.00148. The van der Waals surface area contributed by atoms with Crippen LogP contribution in [-0.4, -0.2) is 30.1 Å². The number of anilines is 1. The van der Waals surface area contributed by atoms with E-state index in [9.17, 15) is 8.42 Å². The van der Waals surface area contributed by atoms with Gasteiger partial charge in [0.15, 0.2) is 5.82 Å². The average Bonchev–Trinajstić information content (AvgIpc) is 2.49. The summed E-state index contributed by atoms with van der Waals surface area (Å²) in [4.78, 5) is 7.76. The molecule has 0 radical (unpaired) electrons. The number of sulfonamides is 1. The lowest BCUT2D eigenvalue weighted by Gasteiger charge is -2.06. The highest BCUT2D eigenvalue weighted by molar-refractivity contribution is 7.92. The number of rotatable bonds is 4. The molecule has 0 spiro atoms. The minimum atomic E-state index is -3.70. The van der Waals surface area contributed by atoms with Crippen LogP contribution in [0.2, 0.25) is 0 Å². The summed E-state index contributed by atoms with van der Waals surface area (Å²) in [7, 11) is -3.70. The van der Waals surface area contributed by atoms with Crippen LogP contribution >= 0.6 is 0 Å². The Hall–Kier alpha value is -2.43. The van der Waals surface area contributed by atoms with Gasteiger partial charge < -0.3 is 5.11 Å². The molecule has 21 heavy (non-hydrogen) atoms. The third kappa shape index (κ3) is 4.27. The molecule has 0 saturated carbocycles. The van der Waals surface area contributed by atoms with Crippen molar-refractivity contribution in [2.75, 3.05) is 11.3 Å². The quantitative estimate of drug-likeness (QED) is 0.822. The Bertz CT molecular complexity index is 748. The number of hydrogen-bond acceptors (Lipinski definition) is 5. The third-order valence-electron chi connectivity index (χ3n) is 2.44. The SMILES string of the molecule is O=S(=O)(Nc1cnccn1)c1ccc(C#CCCO)cc1. The number of nitrogens with zero attached hydrogens (tertiary/aromatic N) is 2. The van der Waals surface area contributed by atoms with Crippen molar-refractivity contribution in [1.29, 1.82) is 0 Å². The Morgan fingerprint density at radius 2 is 1.95 bits per heavy atom. The zero-order valence-corrected chi connectivity index (χ0v) is 11.8. The Morgan fingerprint density at radius 3 is 2.57 bits per heavy atom. The Kier molecular flexibility index (Phi) is 4.87. The van der Waals surface area contributed by atoms with Crippen molar-refractivity contribution in [3.05, 3.63) is 48.4 Å². The van der Waals surface area contributed by atoms with E-state index in [2.05, 4.69) is 26.5 Å². The molecule has 0 unspecified atom stereocenters. The van der Waals surface area contributed by atoms with E-state index in [1.54, 1.807) is 12.1 Å². The van der Waals surface area contributed by atoms with E-state index in [1.165, 1.54) is 30.7 Å². The molecule has 2 rings (SSSR count). The van der Waals surface area contributed by atoms with Crippen LogP contribution in [0.1, 0.15) is 12.0 Å². The van der Waals surface area contributed by atoms with E-state index in [4.69, 9.17) is 5.11 Å². The van der Waals surface area contributed by atoms with E-state index in [-0.39, 0.29) is 17.3 Å². The maximum absolute atomic E-state index is 12.1. The van der Waals surface area contributed by atoms with Gasteiger partial charge in [-0.25, -0.2) is 13.4 Å². The predicted octanol–water partition coefficient (Wildman–Crippen LogP) is 1.01. The standard InChI is InChI=1S/C14H13N3O3S/c18-10-2-1-3-12-4-6-13(7-5-12)21(19,20)17-14-11-15-8-9-16-14/h4-9,11,18H,2,10H2,(H,16,17). The normalized spacial score (nSPS) is 10.5. The highest BCUT2D eigenvalue weighted by atomic mass is 32.2. The first-order valence-electron chi connectivity index (χ1n) is 6.10. The van der Waals surface area contributed by atoms with Gasteiger partial charge in [-0.15, -0.1) is 0 Å². The topological polar surface area (TPSA) is 92.2 Å². The van der Waals surface area contributed by atoms with E-state index in [0.29, 0.717) is 12.0 Å². The first-order chi connectivity index (χ1) is 10.1. The van der Waals surface area contributed by atoms with Crippen LogP contribution < -0.4 is 4.72 Å². The third-order valence-corrected chi connectivity index (χ3v) is 3.81. The van der Waals surface area contributed by atoms with Crippen LogP contribution in [0.4, 0.5) is 5.82 Å². The van der Waals surface area contributed by atoms with Crippen LogP contribution in [0.15, 0.2) is 47.8 Å². The summed E-state index contributed by atoms with van der Waals surface area (Å²) in [5, 5.41) is 8.63. The average molecular weight is 303 g/mol. The fourth-order valence-corrected chi connectivity index (χ4v) is 2.48. The molecule has 1 aromatic heterocycles. The van der Waals surface area contributed by atoms with Crippen molar-refractivity contribution in [1.82, 2.24) is 9.97 Å². The molecule has 1 heterocycles. The fourth-order valence-electron chi connectivity index (χ4n) is 1.49. The molecule has 108 valence electrons. The van der Waals surface area contributed by atoms with Gasteiger partial charge in [-0.3, -0.25) is 9.71 Å². The number of aliphatic hydroxyl groups excluding tert-OH is 1. The molecule has 0 amide bonds. The van der Waals surface area contributed by atoms with E-state index in [0.717, 1.165) is 0 Å². The number of nitrogens with one attached hydrogen (secondary N) is 1. The highest BCUT2D eigenvalue weighted by Crippen LogP contribution is 2.14. The molecule has 0 bridgehead atoms. The summed E-state index contributed by atoms with van der Waals surface area (Å²) in [5.74, 6) is 5.75. The lowest BCUT2D eigenvalue weighted by molar-refractivity contribution is 0.305. The molecule has 0 aliphatic rings. The molecular weight excluding hydrogens is 290 g/mol. The van der Waals surface area contributed by atoms with Crippen molar-refractivity contribution < 1.29 is 13.5 Å². The van der Waals surface area contributed by atoms with E-state index < -0.39 is 10.0 Å². The van der Waals surface area contributed by atoms with Gasteiger partial charge >= 0.3 is 0 Å². The van der Waals surface area contributed by atoms with Crippen LogP contribution in [0.3, 0.4) is 0 Å². The number of aliphatic hydroxyl groups is 1. The van der Waals surface area contributed by atoms with Crippen molar-refractivity contribution in [2.24, 2.45) is 0 Å². The first-order valence-corrected chi connectivity index (χ1v) is 7.59. The van der Waals surface area contributed by atoms with Gasteiger partial charge in [-0.2, -0.15) is 0 Å². The molecule has 6 nitrogen and oxygen atoms in total.